The Morgan fingerprint density at radius 1 is 0.259 bits per heavy atom. The molecule has 0 bridgehead atoms. The van der Waals surface area contributed by atoms with E-state index in [0.717, 1.165) is 96.3 Å². The average Bonchev–Trinajstić information content (AvgIpc) is 3.47. The Hall–Kier alpha value is -3.67. The average molecular weight is 1130 g/mol. The fourth-order valence-electron chi connectivity index (χ4n) is 9.85. The van der Waals surface area contributed by atoms with Gasteiger partial charge in [-0.05, 0) is 122 Å². The number of hydrogen-bond donors (Lipinski definition) is 0. The number of carbonyl (C=O) groups excluding carboxylic acids is 3. The van der Waals surface area contributed by atoms with E-state index in [0.29, 0.717) is 19.3 Å². The monoisotopic (exact) mass is 1130 g/mol. The molecule has 0 aromatic carbocycles. The molecule has 0 saturated carbocycles. The minimum atomic E-state index is -0.801. The number of ether oxygens (including phenoxy) is 3. The summed E-state index contributed by atoms with van der Waals surface area (Å²) in [7, 11) is 0. The van der Waals surface area contributed by atoms with Gasteiger partial charge in [0.25, 0.3) is 0 Å². The van der Waals surface area contributed by atoms with Crippen molar-refractivity contribution in [1.29, 1.82) is 0 Å². The molecule has 0 radical (unpaired) electrons. The Kier molecular flexibility index (Phi) is 65.7. The van der Waals surface area contributed by atoms with Crippen LogP contribution in [0.3, 0.4) is 0 Å². The lowest BCUT2D eigenvalue weighted by atomic mass is 10.1. The molecule has 81 heavy (non-hydrogen) atoms. The molecule has 0 aliphatic heterocycles. The van der Waals surface area contributed by atoms with Crippen molar-refractivity contribution in [2.24, 2.45) is 0 Å². The summed E-state index contributed by atoms with van der Waals surface area (Å²) in [5.41, 5.74) is 0. The summed E-state index contributed by atoms with van der Waals surface area (Å²) in [6, 6.07) is 0. The number of esters is 3. The maximum Gasteiger partial charge on any atom is 0.306 e. The molecule has 0 heterocycles. The third-order valence-corrected chi connectivity index (χ3v) is 15.0. The lowest BCUT2D eigenvalue weighted by molar-refractivity contribution is -0.167. The van der Waals surface area contributed by atoms with Crippen LogP contribution in [-0.2, 0) is 28.6 Å². The van der Waals surface area contributed by atoms with Gasteiger partial charge in [0.05, 0.1) is 0 Å². The molecule has 6 nitrogen and oxygen atoms in total. The van der Waals surface area contributed by atoms with Crippen LogP contribution >= 0.6 is 0 Å². The van der Waals surface area contributed by atoms with E-state index in [9.17, 15) is 14.4 Å². The van der Waals surface area contributed by atoms with Crippen molar-refractivity contribution in [2.45, 2.75) is 348 Å². The van der Waals surface area contributed by atoms with Crippen LogP contribution in [-0.4, -0.2) is 37.2 Å². The van der Waals surface area contributed by atoms with Crippen LogP contribution in [0.2, 0.25) is 0 Å². The van der Waals surface area contributed by atoms with E-state index >= 15 is 0 Å². The highest BCUT2D eigenvalue weighted by molar-refractivity contribution is 5.71. The van der Waals surface area contributed by atoms with Crippen LogP contribution in [0.1, 0.15) is 342 Å². The Morgan fingerprint density at radius 2 is 0.481 bits per heavy atom. The van der Waals surface area contributed by atoms with Crippen LogP contribution in [0, 0.1) is 0 Å². The standard InChI is InChI=1S/C75H130O6/c1-4-7-10-13-16-19-22-25-28-31-34-37-40-43-46-49-52-55-58-61-64-67-73(76)79-70-72(81-75(78)69-66-63-60-57-54-51-48-45-42-39-36-33-30-27-24-21-18-15-12-9-6-3)71-80-74(77)68-65-62-59-56-53-50-47-44-41-38-35-32-29-26-23-20-17-14-11-8-5-2/h7,10,16,19,25,28,32-37,43,46,52,55,72H,4-6,8-9,11-15,17-18,20-24,26-27,29-31,38-42,44-45,47-51,53-54,56-71H2,1-3H3/b10-7-,19-16-,28-25-,35-32-,36-33-,37-34-,46-43-,55-52-. The number of carbonyl (C=O) groups is 3. The summed E-state index contributed by atoms with van der Waals surface area (Å²) < 4.78 is 17.0. The molecule has 1 atom stereocenters. The second kappa shape index (κ2) is 68.8. The van der Waals surface area contributed by atoms with E-state index in [1.807, 2.05) is 0 Å². The molecule has 6 heteroatoms. The van der Waals surface area contributed by atoms with E-state index in [4.69, 9.17) is 14.2 Å². The number of hydrogen-bond acceptors (Lipinski definition) is 6. The first kappa shape index (κ1) is 77.3. The number of unbranched alkanes of at least 4 members (excludes halogenated alkanes) is 36. The van der Waals surface area contributed by atoms with Crippen LogP contribution in [0.4, 0.5) is 0 Å². The maximum atomic E-state index is 13.0. The highest BCUT2D eigenvalue weighted by Crippen LogP contribution is 2.17. The van der Waals surface area contributed by atoms with Crippen LogP contribution in [0.15, 0.2) is 97.2 Å². The van der Waals surface area contributed by atoms with Gasteiger partial charge in [0, 0.05) is 19.3 Å². The molecule has 0 amide bonds. The van der Waals surface area contributed by atoms with Crippen molar-refractivity contribution in [3.63, 3.8) is 0 Å². The molecule has 0 spiro atoms. The molecule has 0 aliphatic carbocycles. The second-order valence-corrected chi connectivity index (χ2v) is 23.1. The van der Waals surface area contributed by atoms with Crippen molar-refractivity contribution in [2.75, 3.05) is 13.2 Å². The Balaban J connectivity index is 4.45. The fraction of sp³-hybridized carbons (Fsp3) is 0.747. The predicted molar refractivity (Wildman–Crippen MR) is 353 cm³/mol. The van der Waals surface area contributed by atoms with Crippen LogP contribution < -0.4 is 0 Å². The Morgan fingerprint density at radius 3 is 0.790 bits per heavy atom. The molecule has 1 unspecified atom stereocenters. The quantitative estimate of drug-likeness (QED) is 0.0261. The van der Waals surface area contributed by atoms with Gasteiger partial charge in [0.1, 0.15) is 13.2 Å². The van der Waals surface area contributed by atoms with Gasteiger partial charge >= 0.3 is 17.9 Å². The first-order valence-electron chi connectivity index (χ1n) is 34.7. The molecule has 0 aliphatic rings. The van der Waals surface area contributed by atoms with Gasteiger partial charge in [0.2, 0.25) is 0 Å². The minimum Gasteiger partial charge on any atom is -0.462 e. The lowest BCUT2D eigenvalue weighted by Gasteiger charge is -2.18. The Labute approximate surface area is 502 Å². The summed E-state index contributed by atoms with van der Waals surface area (Å²) in [6.07, 6.45) is 92.8. The summed E-state index contributed by atoms with van der Waals surface area (Å²) in [5.74, 6) is -0.927. The van der Waals surface area contributed by atoms with E-state index in [1.165, 1.54) is 205 Å². The third-order valence-electron chi connectivity index (χ3n) is 15.0. The van der Waals surface area contributed by atoms with Crippen LogP contribution in [0.25, 0.3) is 0 Å². The molecular formula is C75H130O6. The highest BCUT2D eigenvalue weighted by atomic mass is 16.6. The molecule has 0 rings (SSSR count). The predicted octanol–water partition coefficient (Wildman–Crippen LogP) is 24.0. The van der Waals surface area contributed by atoms with Gasteiger partial charge in [0.15, 0.2) is 6.10 Å². The normalized spacial score (nSPS) is 12.7. The molecule has 0 fully saturated rings. The van der Waals surface area contributed by atoms with E-state index < -0.39 is 6.10 Å². The topological polar surface area (TPSA) is 78.9 Å². The fourth-order valence-corrected chi connectivity index (χ4v) is 9.85. The van der Waals surface area contributed by atoms with Crippen molar-refractivity contribution in [3.8, 4) is 0 Å². The highest BCUT2D eigenvalue weighted by Gasteiger charge is 2.19. The largest absolute Gasteiger partial charge is 0.462 e. The smallest absolute Gasteiger partial charge is 0.306 e. The Bertz CT molecular complexity index is 1580. The summed E-state index contributed by atoms with van der Waals surface area (Å²) >= 11 is 0. The van der Waals surface area contributed by atoms with Gasteiger partial charge in [-0.3, -0.25) is 14.4 Å². The number of allylic oxidation sites excluding steroid dienone is 16. The van der Waals surface area contributed by atoms with Gasteiger partial charge in [-0.1, -0.05) is 298 Å². The first-order chi connectivity index (χ1) is 40.0. The molecule has 466 valence electrons. The van der Waals surface area contributed by atoms with Gasteiger partial charge in [-0.25, -0.2) is 0 Å². The third kappa shape index (κ3) is 67.0. The molecule has 0 N–H and O–H groups in total. The summed E-state index contributed by atoms with van der Waals surface area (Å²) in [5, 5.41) is 0. The molecular weight excluding hydrogens is 997 g/mol. The number of rotatable bonds is 63. The lowest BCUT2D eigenvalue weighted by Crippen LogP contribution is -2.30. The van der Waals surface area contributed by atoms with Crippen molar-refractivity contribution in [3.05, 3.63) is 97.2 Å². The summed E-state index contributed by atoms with van der Waals surface area (Å²) in [6.45, 7) is 6.53. The summed E-state index contributed by atoms with van der Waals surface area (Å²) in [4.78, 5) is 38.5. The molecule has 0 aromatic heterocycles. The van der Waals surface area contributed by atoms with Crippen molar-refractivity contribution < 1.29 is 28.6 Å². The zero-order valence-corrected chi connectivity index (χ0v) is 53.5. The van der Waals surface area contributed by atoms with Gasteiger partial charge < -0.3 is 14.2 Å². The first-order valence-corrected chi connectivity index (χ1v) is 34.7. The van der Waals surface area contributed by atoms with E-state index in [1.54, 1.807) is 0 Å². The zero-order valence-electron chi connectivity index (χ0n) is 53.5. The maximum absolute atomic E-state index is 13.0. The SMILES string of the molecule is CC/C=C\C/C=C\C/C=C\C/C=C\C/C=C\C/C=C\CCCCC(=O)OCC(COC(=O)CCCCCCCCCCC/C=C\CCCCCCCCCC)OC(=O)CCCCCCCCCCC/C=C\CCCCCCCCCC. The zero-order chi connectivity index (χ0) is 58.5. The van der Waals surface area contributed by atoms with Crippen molar-refractivity contribution >= 4 is 17.9 Å². The molecule has 0 aromatic rings. The molecule has 0 saturated heterocycles. The van der Waals surface area contributed by atoms with Gasteiger partial charge in [-0.15, -0.1) is 0 Å². The van der Waals surface area contributed by atoms with Crippen LogP contribution in [0.5, 0.6) is 0 Å². The van der Waals surface area contributed by atoms with E-state index in [2.05, 4.69) is 118 Å². The second-order valence-electron chi connectivity index (χ2n) is 23.1. The van der Waals surface area contributed by atoms with Gasteiger partial charge in [-0.2, -0.15) is 0 Å². The minimum absolute atomic E-state index is 0.0921. The van der Waals surface area contributed by atoms with Crippen molar-refractivity contribution in [1.82, 2.24) is 0 Å². The van der Waals surface area contributed by atoms with E-state index in [-0.39, 0.29) is 31.1 Å².